The Morgan fingerprint density at radius 2 is 2.00 bits per heavy atom. The van der Waals surface area contributed by atoms with E-state index in [9.17, 15) is 0 Å². The smallest absolute Gasteiger partial charge is 0.125 e. The van der Waals surface area contributed by atoms with Crippen LogP contribution in [0.4, 0.5) is 11.5 Å². The maximum atomic E-state index is 4.35. The van der Waals surface area contributed by atoms with E-state index >= 15 is 0 Å². The van der Waals surface area contributed by atoms with Gasteiger partial charge in [0, 0.05) is 33.2 Å². The first-order valence-corrected chi connectivity index (χ1v) is 6.09. The molecule has 0 saturated carbocycles. The van der Waals surface area contributed by atoms with Crippen LogP contribution in [0.25, 0.3) is 0 Å². The van der Waals surface area contributed by atoms with Crippen LogP contribution < -0.4 is 10.2 Å². The second-order valence-corrected chi connectivity index (χ2v) is 4.16. The highest BCUT2D eigenvalue weighted by molar-refractivity contribution is 5.49. The third kappa shape index (κ3) is 2.90. The normalized spacial score (nSPS) is 16.6. The molecule has 0 amide bonds. The maximum Gasteiger partial charge on any atom is 0.125 e. The molecule has 0 aromatic carbocycles. The van der Waals surface area contributed by atoms with Gasteiger partial charge in [0.15, 0.2) is 0 Å². The number of nitrogens with zero attached hydrogens (tertiary/aromatic N) is 3. The number of piperazine rings is 1. The molecule has 0 unspecified atom stereocenters. The standard InChI is InChI=1S/C13H20N4/c1-3-6-16-7-9-17(10-8-16)12-4-5-13(14-2)15-11-12/h3-6,11H,7-10H2,1-2H3,(H,14,15)/b6-3+. The first-order chi connectivity index (χ1) is 8.33. The van der Waals surface area contributed by atoms with E-state index in [2.05, 4.69) is 45.4 Å². The molecule has 1 aromatic rings. The predicted molar refractivity (Wildman–Crippen MR) is 72.4 cm³/mol. The van der Waals surface area contributed by atoms with Crippen molar-refractivity contribution < 1.29 is 0 Å². The van der Waals surface area contributed by atoms with Gasteiger partial charge in [-0.25, -0.2) is 4.98 Å². The monoisotopic (exact) mass is 232 g/mol. The van der Waals surface area contributed by atoms with E-state index in [1.165, 1.54) is 5.69 Å². The van der Waals surface area contributed by atoms with Crippen molar-refractivity contribution in [1.29, 1.82) is 0 Å². The summed E-state index contributed by atoms with van der Waals surface area (Å²) in [5.41, 5.74) is 1.21. The van der Waals surface area contributed by atoms with Crippen LogP contribution in [-0.2, 0) is 0 Å². The second-order valence-electron chi connectivity index (χ2n) is 4.16. The van der Waals surface area contributed by atoms with Gasteiger partial charge in [-0.3, -0.25) is 0 Å². The van der Waals surface area contributed by atoms with E-state index in [1.807, 2.05) is 19.3 Å². The van der Waals surface area contributed by atoms with Crippen molar-refractivity contribution in [3.05, 3.63) is 30.6 Å². The van der Waals surface area contributed by atoms with Gasteiger partial charge in [-0.1, -0.05) is 6.08 Å². The lowest BCUT2D eigenvalue weighted by molar-refractivity contribution is 0.348. The van der Waals surface area contributed by atoms with E-state index < -0.39 is 0 Å². The minimum absolute atomic E-state index is 0.918. The first kappa shape index (κ1) is 11.8. The average molecular weight is 232 g/mol. The number of hydrogen-bond acceptors (Lipinski definition) is 4. The van der Waals surface area contributed by atoms with Crippen molar-refractivity contribution in [1.82, 2.24) is 9.88 Å². The second kappa shape index (κ2) is 5.57. The summed E-state index contributed by atoms with van der Waals surface area (Å²) in [6.45, 7) is 6.35. The molecule has 1 saturated heterocycles. The third-order valence-electron chi connectivity index (χ3n) is 3.04. The molecule has 0 aliphatic carbocycles. The Kier molecular flexibility index (Phi) is 3.85. The molecule has 1 N–H and O–H groups in total. The van der Waals surface area contributed by atoms with Gasteiger partial charge in [-0.15, -0.1) is 0 Å². The predicted octanol–water partition coefficient (Wildman–Crippen LogP) is 1.78. The van der Waals surface area contributed by atoms with Crippen molar-refractivity contribution in [2.45, 2.75) is 6.92 Å². The number of pyridine rings is 1. The molecule has 4 heteroatoms. The topological polar surface area (TPSA) is 31.4 Å². The zero-order chi connectivity index (χ0) is 12.1. The molecule has 2 heterocycles. The number of anilines is 2. The Bertz CT molecular complexity index is 364. The molecule has 92 valence electrons. The number of aromatic nitrogens is 1. The van der Waals surface area contributed by atoms with Crippen molar-refractivity contribution in [3.8, 4) is 0 Å². The number of rotatable bonds is 3. The molecular weight excluding hydrogens is 212 g/mol. The fourth-order valence-corrected chi connectivity index (χ4v) is 2.06. The van der Waals surface area contributed by atoms with Gasteiger partial charge in [-0.2, -0.15) is 0 Å². The Morgan fingerprint density at radius 1 is 1.24 bits per heavy atom. The molecule has 0 bridgehead atoms. The minimum Gasteiger partial charge on any atom is -0.374 e. The summed E-state index contributed by atoms with van der Waals surface area (Å²) < 4.78 is 0. The Balaban J connectivity index is 1.95. The maximum absolute atomic E-state index is 4.35. The highest BCUT2D eigenvalue weighted by Crippen LogP contribution is 2.16. The van der Waals surface area contributed by atoms with E-state index in [4.69, 9.17) is 0 Å². The van der Waals surface area contributed by atoms with Gasteiger partial charge in [0.1, 0.15) is 5.82 Å². The van der Waals surface area contributed by atoms with Crippen LogP contribution in [0.15, 0.2) is 30.6 Å². The van der Waals surface area contributed by atoms with Gasteiger partial charge in [-0.05, 0) is 25.3 Å². The van der Waals surface area contributed by atoms with Gasteiger partial charge >= 0.3 is 0 Å². The lowest BCUT2D eigenvalue weighted by Crippen LogP contribution is -2.44. The number of hydrogen-bond donors (Lipinski definition) is 1. The van der Waals surface area contributed by atoms with Crippen LogP contribution in [0, 0.1) is 0 Å². The zero-order valence-corrected chi connectivity index (χ0v) is 10.6. The highest BCUT2D eigenvalue weighted by Gasteiger charge is 2.14. The highest BCUT2D eigenvalue weighted by atomic mass is 15.3. The Labute approximate surface area is 103 Å². The molecule has 0 spiro atoms. The molecular formula is C13H20N4. The quantitative estimate of drug-likeness (QED) is 0.861. The molecule has 0 atom stereocenters. The number of nitrogens with one attached hydrogen (secondary N) is 1. The molecule has 1 aromatic heterocycles. The van der Waals surface area contributed by atoms with Crippen molar-refractivity contribution in [2.24, 2.45) is 0 Å². The molecule has 1 fully saturated rings. The molecule has 1 aliphatic rings. The summed E-state index contributed by atoms with van der Waals surface area (Å²) in [6.07, 6.45) is 6.20. The number of allylic oxidation sites excluding steroid dienone is 1. The van der Waals surface area contributed by atoms with Crippen LogP contribution in [0.1, 0.15) is 6.92 Å². The molecule has 0 radical (unpaired) electrons. The summed E-state index contributed by atoms with van der Waals surface area (Å²) >= 11 is 0. The van der Waals surface area contributed by atoms with Crippen LogP contribution in [0.5, 0.6) is 0 Å². The van der Waals surface area contributed by atoms with Crippen molar-refractivity contribution >= 4 is 11.5 Å². The SMILES string of the molecule is C/C=C/N1CCN(c2ccc(NC)nc2)CC1. The van der Waals surface area contributed by atoms with Gasteiger partial charge in [0.2, 0.25) is 0 Å². The van der Waals surface area contributed by atoms with Crippen LogP contribution >= 0.6 is 0 Å². The third-order valence-corrected chi connectivity index (χ3v) is 3.04. The van der Waals surface area contributed by atoms with Crippen LogP contribution in [0.2, 0.25) is 0 Å². The van der Waals surface area contributed by atoms with Crippen LogP contribution in [-0.4, -0.2) is 43.1 Å². The largest absolute Gasteiger partial charge is 0.374 e. The Morgan fingerprint density at radius 3 is 2.53 bits per heavy atom. The lowest BCUT2D eigenvalue weighted by Gasteiger charge is -2.35. The van der Waals surface area contributed by atoms with Crippen molar-refractivity contribution in [2.75, 3.05) is 43.4 Å². The van der Waals surface area contributed by atoms with E-state index in [1.54, 1.807) is 0 Å². The molecule has 1 aliphatic heterocycles. The minimum atomic E-state index is 0.918. The van der Waals surface area contributed by atoms with Gasteiger partial charge in [0.25, 0.3) is 0 Å². The van der Waals surface area contributed by atoms with Crippen LogP contribution in [0.3, 0.4) is 0 Å². The summed E-state index contributed by atoms with van der Waals surface area (Å²) in [7, 11) is 1.89. The molecule has 4 nitrogen and oxygen atoms in total. The van der Waals surface area contributed by atoms with Gasteiger partial charge < -0.3 is 15.1 Å². The summed E-state index contributed by atoms with van der Waals surface area (Å²) in [5, 5.41) is 3.03. The first-order valence-electron chi connectivity index (χ1n) is 6.09. The fraction of sp³-hybridized carbons (Fsp3) is 0.462. The van der Waals surface area contributed by atoms with Crippen molar-refractivity contribution in [3.63, 3.8) is 0 Å². The summed E-state index contributed by atoms with van der Waals surface area (Å²) in [6, 6.07) is 4.15. The van der Waals surface area contributed by atoms with E-state index in [0.29, 0.717) is 0 Å². The lowest BCUT2D eigenvalue weighted by atomic mass is 10.3. The molecule has 2 rings (SSSR count). The fourth-order valence-electron chi connectivity index (χ4n) is 2.06. The Hall–Kier alpha value is -1.71. The van der Waals surface area contributed by atoms with E-state index in [-0.39, 0.29) is 0 Å². The summed E-state index contributed by atoms with van der Waals surface area (Å²) in [5.74, 6) is 0.918. The average Bonchev–Trinajstić information content (AvgIpc) is 2.40. The molecule has 17 heavy (non-hydrogen) atoms. The van der Waals surface area contributed by atoms with E-state index in [0.717, 1.165) is 32.0 Å². The zero-order valence-electron chi connectivity index (χ0n) is 10.6. The summed E-state index contributed by atoms with van der Waals surface area (Å²) in [4.78, 5) is 9.08. The van der Waals surface area contributed by atoms with Gasteiger partial charge in [0.05, 0.1) is 11.9 Å².